The van der Waals surface area contributed by atoms with Crippen LogP contribution in [0.4, 0.5) is 0 Å². The number of halogens is 1. The number of rotatable bonds is 3. The zero-order chi connectivity index (χ0) is 20.0. The molecule has 2 atom stereocenters. The molecule has 3 rings (SSSR count). The van der Waals surface area contributed by atoms with Gasteiger partial charge in [-0.05, 0) is 43.4 Å². The molecule has 2 heterocycles. The minimum atomic E-state index is -0.471. The molecule has 0 spiro atoms. The summed E-state index contributed by atoms with van der Waals surface area (Å²) in [7, 11) is 0. The van der Waals surface area contributed by atoms with Gasteiger partial charge in [0.2, 0.25) is 5.91 Å². The van der Waals surface area contributed by atoms with E-state index in [0.717, 1.165) is 11.3 Å². The molecule has 1 fully saturated rings. The van der Waals surface area contributed by atoms with Gasteiger partial charge in [0.25, 0.3) is 0 Å². The van der Waals surface area contributed by atoms with Gasteiger partial charge in [0.1, 0.15) is 5.69 Å². The fourth-order valence-electron chi connectivity index (χ4n) is 3.39. The van der Waals surface area contributed by atoms with E-state index in [2.05, 4.69) is 67.7 Å². The Morgan fingerprint density at radius 2 is 1.93 bits per heavy atom. The summed E-state index contributed by atoms with van der Waals surface area (Å²) in [5.74, 6) is 0.0147. The standard InChI is InChI=1S/C20H28ClN5O/c1-12-22-16(10-18(27)23-12)17-11-26(25-24-17)20(5,6)14-8-7-13(9-15(14)21)19(2,3)4/h7-9,11-12,16,22H,10H2,1-6H3,(H,23,27). The average molecular weight is 390 g/mol. The third-order valence-corrected chi connectivity index (χ3v) is 5.47. The van der Waals surface area contributed by atoms with E-state index >= 15 is 0 Å². The topological polar surface area (TPSA) is 71.8 Å². The van der Waals surface area contributed by atoms with Gasteiger partial charge >= 0.3 is 0 Å². The lowest BCUT2D eigenvalue weighted by Gasteiger charge is -2.29. The van der Waals surface area contributed by atoms with E-state index in [-0.39, 0.29) is 23.5 Å². The van der Waals surface area contributed by atoms with Crippen molar-refractivity contribution in [3.63, 3.8) is 0 Å². The molecular weight excluding hydrogens is 362 g/mol. The number of carbonyl (C=O) groups is 1. The van der Waals surface area contributed by atoms with Crippen LogP contribution in [0, 0.1) is 0 Å². The molecule has 27 heavy (non-hydrogen) atoms. The SMILES string of the molecule is CC1NC(=O)CC(c2cn(C(C)(C)c3ccc(C(C)(C)C)cc3Cl)nn2)N1. The molecule has 2 aromatic rings. The first-order valence-corrected chi connectivity index (χ1v) is 9.65. The number of hydrogen-bond acceptors (Lipinski definition) is 4. The summed E-state index contributed by atoms with van der Waals surface area (Å²) in [5, 5.41) is 15.5. The van der Waals surface area contributed by atoms with Gasteiger partial charge < -0.3 is 5.32 Å². The van der Waals surface area contributed by atoms with Crippen molar-refractivity contribution in [2.75, 3.05) is 0 Å². The van der Waals surface area contributed by atoms with Crippen molar-refractivity contribution >= 4 is 17.5 Å². The molecule has 1 aliphatic heterocycles. The summed E-state index contributed by atoms with van der Waals surface area (Å²) in [5.41, 5.74) is 2.50. The van der Waals surface area contributed by atoms with E-state index in [1.165, 1.54) is 5.56 Å². The maximum atomic E-state index is 11.8. The lowest BCUT2D eigenvalue weighted by Crippen LogP contribution is -2.51. The molecule has 2 unspecified atom stereocenters. The Bertz CT molecular complexity index is 852. The summed E-state index contributed by atoms with van der Waals surface area (Å²) >= 11 is 6.64. The summed E-state index contributed by atoms with van der Waals surface area (Å²) in [6.07, 6.45) is 2.16. The predicted molar refractivity (Wildman–Crippen MR) is 107 cm³/mol. The van der Waals surface area contributed by atoms with Crippen LogP contribution >= 0.6 is 11.6 Å². The minimum absolute atomic E-state index is 0.0147. The highest BCUT2D eigenvalue weighted by Crippen LogP contribution is 2.35. The molecule has 1 amide bonds. The maximum Gasteiger partial charge on any atom is 0.223 e. The quantitative estimate of drug-likeness (QED) is 0.842. The van der Waals surface area contributed by atoms with Crippen molar-refractivity contribution in [1.82, 2.24) is 25.6 Å². The first-order chi connectivity index (χ1) is 12.5. The Morgan fingerprint density at radius 1 is 1.22 bits per heavy atom. The number of hydrogen-bond donors (Lipinski definition) is 2. The summed E-state index contributed by atoms with van der Waals surface area (Å²) < 4.78 is 1.82. The molecule has 0 bridgehead atoms. The molecule has 0 radical (unpaired) electrons. The van der Waals surface area contributed by atoms with Gasteiger partial charge in [0.15, 0.2) is 0 Å². The summed E-state index contributed by atoms with van der Waals surface area (Å²) in [6, 6.07) is 6.08. The lowest BCUT2D eigenvalue weighted by molar-refractivity contribution is -0.124. The van der Waals surface area contributed by atoms with E-state index in [9.17, 15) is 4.79 Å². The van der Waals surface area contributed by atoms with Gasteiger partial charge in [0.05, 0.1) is 23.9 Å². The lowest BCUT2D eigenvalue weighted by atomic mass is 9.84. The highest BCUT2D eigenvalue weighted by atomic mass is 35.5. The van der Waals surface area contributed by atoms with Crippen molar-refractivity contribution in [3.05, 3.63) is 46.2 Å². The number of amides is 1. The molecule has 6 nitrogen and oxygen atoms in total. The van der Waals surface area contributed by atoms with Crippen molar-refractivity contribution in [2.45, 2.75) is 71.1 Å². The second-order valence-electron chi connectivity index (χ2n) is 8.80. The molecule has 0 saturated carbocycles. The number of nitrogens with one attached hydrogen (secondary N) is 2. The minimum Gasteiger partial charge on any atom is -0.341 e. The Kier molecular flexibility index (Phi) is 5.08. The molecule has 1 aromatic carbocycles. The van der Waals surface area contributed by atoms with Gasteiger partial charge in [0, 0.05) is 11.4 Å². The third kappa shape index (κ3) is 4.01. The van der Waals surface area contributed by atoms with Crippen LogP contribution in [0.5, 0.6) is 0 Å². The molecule has 0 aliphatic carbocycles. The normalized spacial score (nSPS) is 21.2. The Morgan fingerprint density at radius 3 is 2.52 bits per heavy atom. The van der Waals surface area contributed by atoms with Crippen LogP contribution in [0.1, 0.15) is 70.8 Å². The third-order valence-electron chi connectivity index (χ3n) is 5.15. The van der Waals surface area contributed by atoms with Crippen molar-refractivity contribution < 1.29 is 4.79 Å². The molecule has 1 aliphatic rings. The molecule has 2 N–H and O–H groups in total. The highest BCUT2D eigenvalue weighted by Gasteiger charge is 2.31. The van der Waals surface area contributed by atoms with Crippen LogP contribution in [0.15, 0.2) is 24.4 Å². The second kappa shape index (κ2) is 6.91. The zero-order valence-corrected chi connectivity index (χ0v) is 17.6. The first-order valence-electron chi connectivity index (χ1n) is 9.27. The van der Waals surface area contributed by atoms with Crippen LogP contribution in [-0.2, 0) is 15.7 Å². The molecular formula is C20H28ClN5O. The van der Waals surface area contributed by atoms with Crippen LogP contribution in [0.25, 0.3) is 0 Å². The predicted octanol–water partition coefficient (Wildman–Crippen LogP) is 3.51. The highest BCUT2D eigenvalue weighted by molar-refractivity contribution is 6.31. The number of carbonyl (C=O) groups excluding carboxylic acids is 1. The van der Waals surface area contributed by atoms with E-state index in [1.807, 2.05) is 23.9 Å². The number of benzene rings is 1. The van der Waals surface area contributed by atoms with Crippen LogP contribution in [0.2, 0.25) is 5.02 Å². The van der Waals surface area contributed by atoms with E-state index in [0.29, 0.717) is 11.4 Å². The smallest absolute Gasteiger partial charge is 0.223 e. The van der Waals surface area contributed by atoms with Gasteiger partial charge in [-0.15, -0.1) is 5.10 Å². The van der Waals surface area contributed by atoms with Gasteiger partial charge in [-0.1, -0.05) is 49.7 Å². The molecule has 146 valence electrons. The Balaban J connectivity index is 1.90. The zero-order valence-electron chi connectivity index (χ0n) is 16.8. The average Bonchev–Trinajstić information content (AvgIpc) is 3.03. The second-order valence-corrected chi connectivity index (χ2v) is 9.21. The summed E-state index contributed by atoms with van der Waals surface area (Å²) in [4.78, 5) is 11.8. The van der Waals surface area contributed by atoms with Crippen LogP contribution < -0.4 is 10.6 Å². The molecule has 1 saturated heterocycles. The van der Waals surface area contributed by atoms with Gasteiger partial charge in [-0.25, -0.2) is 4.68 Å². The molecule has 1 aromatic heterocycles. The Hall–Kier alpha value is -1.92. The van der Waals surface area contributed by atoms with Crippen molar-refractivity contribution in [3.8, 4) is 0 Å². The van der Waals surface area contributed by atoms with Gasteiger partial charge in [-0.3, -0.25) is 10.1 Å². The fourth-order valence-corrected chi connectivity index (χ4v) is 3.80. The van der Waals surface area contributed by atoms with E-state index in [4.69, 9.17) is 11.6 Å². The Labute approximate surface area is 165 Å². The van der Waals surface area contributed by atoms with Crippen LogP contribution in [0.3, 0.4) is 0 Å². The fraction of sp³-hybridized carbons (Fsp3) is 0.550. The van der Waals surface area contributed by atoms with Crippen LogP contribution in [-0.4, -0.2) is 27.1 Å². The first kappa shape index (κ1) is 19.8. The van der Waals surface area contributed by atoms with Gasteiger partial charge in [-0.2, -0.15) is 0 Å². The number of nitrogens with zero attached hydrogens (tertiary/aromatic N) is 3. The van der Waals surface area contributed by atoms with Crippen molar-refractivity contribution in [1.29, 1.82) is 0 Å². The summed E-state index contributed by atoms with van der Waals surface area (Å²) in [6.45, 7) is 12.5. The van der Waals surface area contributed by atoms with E-state index in [1.54, 1.807) is 0 Å². The maximum absolute atomic E-state index is 11.8. The largest absolute Gasteiger partial charge is 0.341 e. The van der Waals surface area contributed by atoms with Crippen molar-refractivity contribution in [2.24, 2.45) is 0 Å². The van der Waals surface area contributed by atoms with E-state index < -0.39 is 5.54 Å². The monoisotopic (exact) mass is 389 g/mol. The number of aromatic nitrogens is 3. The molecule has 7 heteroatoms.